The zero-order valence-electron chi connectivity index (χ0n) is 30.1. The maximum Gasteiger partial charge on any atom is 0.320 e. The lowest BCUT2D eigenvalue weighted by molar-refractivity contribution is 0.170. The molecule has 0 bridgehead atoms. The van der Waals surface area contributed by atoms with Gasteiger partial charge in [-0.15, -0.1) is 0 Å². The lowest BCUT2D eigenvalue weighted by atomic mass is 9.89. The van der Waals surface area contributed by atoms with Gasteiger partial charge in [0.1, 0.15) is 5.82 Å². The van der Waals surface area contributed by atoms with E-state index in [4.69, 9.17) is 11.6 Å². The molecule has 7 heteroatoms. The summed E-state index contributed by atoms with van der Waals surface area (Å²) >= 11 is 6.44. The summed E-state index contributed by atoms with van der Waals surface area (Å²) in [5.41, 5.74) is 3.37. The van der Waals surface area contributed by atoms with Gasteiger partial charge in [-0.2, -0.15) is 0 Å². The van der Waals surface area contributed by atoms with Crippen LogP contribution in [0.1, 0.15) is 121 Å². The number of amides is 2. The molecule has 0 spiro atoms. The van der Waals surface area contributed by atoms with Crippen molar-refractivity contribution in [1.29, 1.82) is 0 Å². The Balaban J connectivity index is 0.939. The Morgan fingerprint density at radius 1 is 0.735 bits per heavy atom. The highest BCUT2D eigenvalue weighted by Crippen LogP contribution is 2.37. The van der Waals surface area contributed by atoms with Crippen LogP contribution in [-0.4, -0.2) is 71.1 Å². The highest BCUT2D eigenvalue weighted by Gasteiger charge is 2.29. The van der Waals surface area contributed by atoms with Gasteiger partial charge in [-0.25, -0.2) is 9.18 Å². The zero-order chi connectivity index (χ0) is 34.3. The van der Waals surface area contributed by atoms with E-state index in [2.05, 4.69) is 56.7 Å². The molecule has 1 aromatic heterocycles. The van der Waals surface area contributed by atoms with E-state index in [0.29, 0.717) is 5.92 Å². The molecule has 0 atom stereocenters. The molecule has 2 aliphatic heterocycles. The van der Waals surface area contributed by atoms with Gasteiger partial charge in [0.2, 0.25) is 0 Å². The fourth-order valence-electron chi connectivity index (χ4n) is 7.70. The number of piperidine rings is 1. The smallest absolute Gasteiger partial charge is 0.320 e. The van der Waals surface area contributed by atoms with Crippen LogP contribution in [0.4, 0.5) is 9.18 Å². The molecule has 0 radical (unpaired) electrons. The van der Waals surface area contributed by atoms with Crippen molar-refractivity contribution < 1.29 is 9.18 Å². The SMILES string of the molecule is CCCCCCCC/C=C\CCCCCCCCN1CCN(CCN2CCC(c3cn(-c4ccc(F)cc4)c4ccc(Cl)cc34)CC2)C1=O. The van der Waals surface area contributed by atoms with Crippen molar-refractivity contribution in [2.75, 3.05) is 45.8 Å². The van der Waals surface area contributed by atoms with Gasteiger partial charge in [-0.05, 0) is 112 Å². The second kappa shape index (κ2) is 20.1. The number of nitrogens with zero attached hydrogens (tertiary/aromatic N) is 4. The number of carbonyl (C=O) groups is 1. The number of hydrogen-bond donors (Lipinski definition) is 0. The van der Waals surface area contributed by atoms with Crippen LogP contribution >= 0.6 is 11.6 Å². The number of benzene rings is 2. The van der Waals surface area contributed by atoms with E-state index in [1.807, 2.05) is 18.2 Å². The second-order valence-electron chi connectivity index (χ2n) is 14.4. The normalized spacial score (nSPS) is 16.3. The third kappa shape index (κ3) is 11.3. The van der Waals surface area contributed by atoms with Gasteiger partial charge in [0.05, 0.1) is 5.52 Å². The van der Waals surface area contributed by atoms with E-state index < -0.39 is 0 Å². The largest absolute Gasteiger partial charge is 0.323 e. The molecule has 2 aromatic carbocycles. The van der Waals surface area contributed by atoms with Crippen molar-refractivity contribution in [3.63, 3.8) is 0 Å². The lowest BCUT2D eigenvalue weighted by Gasteiger charge is -2.33. The topological polar surface area (TPSA) is 31.7 Å². The molecule has 5 rings (SSSR count). The Kier molecular flexibility index (Phi) is 15.4. The number of rotatable bonds is 21. The van der Waals surface area contributed by atoms with Crippen molar-refractivity contribution in [2.24, 2.45) is 0 Å². The predicted molar refractivity (Wildman–Crippen MR) is 205 cm³/mol. The Bertz CT molecular complexity index is 1440. The number of aromatic nitrogens is 1. The summed E-state index contributed by atoms with van der Waals surface area (Å²) in [6.45, 7) is 8.69. The fourth-order valence-corrected chi connectivity index (χ4v) is 7.87. The summed E-state index contributed by atoms with van der Waals surface area (Å²) in [7, 11) is 0. The number of halogens is 2. The number of likely N-dealkylation sites (tertiary alicyclic amines) is 1. The van der Waals surface area contributed by atoms with Crippen molar-refractivity contribution in [3.8, 4) is 5.69 Å². The Labute approximate surface area is 300 Å². The van der Waals surface area contributed by atoms with Crippen LogP contribution in [0.3, 0.4) is 0 Å². The monoisotopic (exact) mass is 690 g/mol. The number of fused-ring (bicyclic) bond motifs is 1. The molecule has 268 valence electrons. The molecule has 5 nitrogen and oxygen atoms in total. The van der Waals surface area contributed by atoms with Crippen LogP contribution in [0.2, 0.25) is 5.02 Å². The van der Waals surface area contributed by atoms with Crippen molar-refractivity contribution in [1.82, 2.24) is 19.3 Å². The molecule has 2 amide bonds. The lowest BCUT2D eigenvalue weighted by Crippen LogP contribution is -2.41. The van der Waals surface area contributed by atoms with E-state index in [9.17, 15) is 9.18 Å². The third-order valence-corrected chi connectivity index (χ3v) is 11.0. The van der Waals surface area contributed by atoms with Crippen molar-refractivity contribution >= 4 is 28.5 Å². The molecule has 0 N–H and O–H groups in total. The zero-order valence-corrected chi connectivity index (χ0v) is 30.8. The number of carbonyl (C=O) groups excluding carboxylic acids is 1. The molecule has 2 saturated heterocycles. The first-order valence-electron chi connectivity index (χ1n) is 19.5. The van der Waals surface area contributed by atoms with E-state index in [1.54, 1.807) is 0 Å². The maximum atomic E-state index is 13.6. The minimum atomic E-state index is -0.229. The molecule has 3 aromatic rings. The van der Waals surface area contributed by atoms with Crippen LogP contribution in [0.25, 0.3) is 16.6 Å². The summed E-state index contributed by atoms with van der Waals surface area (Å²) in [4.78, 5) is 19.7. The maximum absolute atomic E-state index is 13.6. The molecule has 2 aliphatic rings. The summed E-state index contributed by atoms with van der Waals surface area (Å²) in [6, 6.07) is 13.0. The van der Waals surface area contributed by atoms with E-state index in [0.717, 1.165) is 81.3 Å². The molecule has 2 fully saturated rings. The van der Waals surface area contributed by atoms with Gasteiger partial charge in [-0.1, -0.05) is 88.5 Å². The average molecular weight is 691 g/mol. The molecule has 49 heavy (non-hydrogen) atoms. The standard InChI is InChI=1S/C42H60ClFN4O/c1-2-3-4-5-6-7-8-9-10-11-12-13-14-15-16-17-26-46-31-32-47(42(46)49)30-29-45-27-24-35(25-28-45)40-34-48(38-21-19-37(44)20-22-38)41-23-18-36(43)33-39(40)41/h9-10,18-23,33-35H,2-8,11-17,24-32H2,1H3/b10-9-. The second-order valence-corrected chi connectivity index (χ2v) is 14.8. The highest BCUT2D eigenvalue weighted by atomic mass is 35.5. The van der Waals surface area contributed by atoms with Gasteiger partial charge in [0.25, 0.3) is 0 Å². The third-order valence-electron chi connectivity index (χ3n) is 10.7. The predicted octanol–water partition coefficient (Wildman–Crippen LogP) is 11.4. The quantitative estimate of drug-likeness (QED) is 0.0823. The van der Waals surface area contributed by atoms with Gasteiger partial charge in [0, 0.05) is 55.0 Å². The summed E-state index contributed by atoms with van der Waals surface area (Å²) in [5, 5.41) is 1.92. The van der Waals surface area contributed by atoms with E-state index >= 15 is 0 Å². The summed E-state index contributed by atoms with van der Waals surface area (Å²) < 4.78 is 15.8. The van der Waals surface area contributed by atoms with Crippen LogP contribution in [0.15, 0.2) is 60.8 Å². The average Bonchev–Trinajstić information content (AvgIpc) is 3.67. The first-order valence-corrected chi connectivity index (χ1v) is 19.9. The number of allylic oxidation sites excluding steroid dienone is 2. The van der Waals surface area contributed by atoms with Gasteiger partial charge < -0.3 is 19.3 Å². The number of unbranched alkanes of at least 4 members (excludes halogenated alkanes) is 12. The van der Waals surface area contributed by atoms with Gasteiger partial charge >= 0.3 is 6.03 Å². The minimum absolute atomic E-state index is 0.229. The molecule has 0 aliphatic carbocycles. The van der Waals surface area contributed by atoms with Crippen LogP contribution < -0.4 is 0 Å². The molecule has 0 unspecified atom stereocenters. The first kappa shape index (κ1) is 37.4. The van der Waals surface area contributed by atoms with Crippen molar-refractivity contribution in [2.45, 2.75) is 116 Å². The van der Waals surface area contributed by atoms with Gasteiger partial charge in [0.15, 0.2) is 0 Å². The van der Waals surface area contributed by atoms with Crippen LogP contribution in [0.5, 0.6) is 0 Å². The number of hydrogen-bond acceptors (Lipinski definition) is 2. The van der Waals surface area contributed by atoms with Crippen molar-refractivity contribution in [3.05, 3.63) is 77.2 Å². The molecular weight excluding hydrogens is 631 g/mol. The number of urea groups is 1. The Morgan fingerprint density at radius 3 is 2.02 bits per heavy atom. The van der Waals surface area contributed by atoms with E-state index in [-0.39, 0.29) is 11.8 Å². The highest BCUT2D eigenvalue weighted by molar-refractivity contribution is 6.31. The summed E-state index contributed by atoms with van der Waals surface area (Å²) in [5.74, 6) is 0.215. The fraction of sp³-hybridized carbons (Fsp3) is 0.595. The summed E-state index contributed by atoms with van der Waals surface area (Å²) in [6.07, 6.45) is 27.5. The van der Waals surface area contributed by atoms with E-state index in [1.165, 1.54) is 107 Å². The molecular formula is C42H60ClFN4O. The first-order chi connectivity index (χ1) is 24.0. The Hall–Kier alpha value is -2.83. The van der Waals surface area contributed by atoms with Crippen LogP contribution in [-0.2, 0) is 0 Å². The molecule has 3 heterocycles. The minimum Gasteiger partial charge on any atom is -0.323 e. The van der Waals surface area contributed by atoms with Gasteiger partial charge in [-0.3, -0.25) is 0 Å². The Morgan fingerprint density at radius 2 is 1.35 bits per heavy atom. The molecule has 0 saturated carbocycles. The van der Waals surface area contributed by atoms with Crippen LogP contribution in [0, 0.1) is 5.82 Å².